The average Bonchev–Trinajstić information content (AvgIpc) is 3.31. The molecule has 184 valence electrons. The molecule has 1 aromatic heterocycles. The van der Waals surface area contributed by atoms with Crippen molar-refractivity contribution in [3.8, 4) is 28.7 Å². The lowest BCUT2D eigenvalue weighted by Crippen LogP contribution is -2.35. The van der Waals surface area contributed by atoms with Gasteiger partial charge in [0.15, 0.2) is 7.14 Å². The number of nitrogens with zero attached hydrogens (tertiary/aromatic N) is 1. The Morgan fingerprint density at radius 1 is 0.538 bits per heavy atom. The molecule has 5 heteroatoms. The summed E-state index contributed by atoms with van der Waals surface area (Å²) in [5.41, 5.74) is 3.08. The predicted octanol–water partition coefficient (Wildman–Crippen LogP) is 7.79. The van der Waals surface area contributed by atoms with Crippen LogP contribution >= 0.6 is 7.14 Å². The number of ether oxygens (including phenoxy) is 2. The molecule has 0 radical (unpaired) electrons. The molecule has 6 aromatic carbocycles. The van der Waals surface area contributed by atoms with E-state index in [-0.39, 0.29) is 0 Å². The van der Waals surface area contributed by atoms with E-state index < -0.39 is 7.14 Å². The van der Waals surface area contributed by atoms with Gasteiger partial charge in [-0.15, -0.1) is 0 Å². The summed E-state index contributed by atoms with van der Waals surface area (Å²) >= 11 is 0. The van der Waals surface area contributed by atoms with Gasteiger partial charge in [-0.1, -0.05) is 78.9 Å². The zero-order valence-electron chi connectivity index (χ0n) is 20.7. The van der Waals surface area contributed by atoms with Crippen LogP contribution in [0.25, 0.3) is 38.3 Å². The lowest BCUT2D eigenvalue weighted by atomic mass is 10.1. The third kappa shape index (κ3) is 2.66. The SMILES string of the molecule is O=P12c3ccccc3Oc3cc(-n4c5ccccc5c5ccccc54)cc(c31)Oc1c2ccc2ccccc12. The molecule has 3 heterocycles. The summed E-state index contributed by atoms with van der Waals surface area (Å²) in [6, 6.07) is 40.6. The molecule has 0 amide bonds. The predicted molar refractivity (Wildman–Crippen MR) is 158 cm³/mol. The van der Waals surface area contributed by atoms with Crippen LogP contribution in [-0.4, -0.2) is 4.57 Å². The van der Waals surface area contributed by atoms with Crippen LogP contribution in [0.3, 0.4) is 0 Å². The van der Waals surface area contributed by atoms with Crippen molar-refractivity contribution in [3.05, 3.63) is 121 Å². The maximum Gasteiger partial charge on any atom is 0.185 e. The molecule has 0 N–H and O–H groups in total. The van der Waals surface area contributed by atoms with E-state index in [1.165, 1.54) is 10.8 Å². The number of hydrogen-bond acceptors (Lipinski definition) is 3. The molecular weight excluding hydrogens is 501 g/mol. The minimum atomic E-state index is -3.27. The molecule has 1 unspecified atom stereocenters. The Bertz CT molecular complexity index is 2180. The second-order valence-electron chi connectivity index (χ2n) is 10.1. The van der Waals surface area contributed by atoms with Gasteiger partial charge in [-0.25, -0.2) is 0 Å². The van der Waals surface area contributed by atoms with Crippen LogP contribution in [0.15, 0.2) is 121 Å². The van der Waals surface area contributed by atoms with Crippen molar-refractivity contribution in [2.24, 2.45) is 0 Å². The fraction of sp³-hybridized carbons (Fsp3) is 0. The van der Waals surface area contributed by atoms with E-state index in [0.717, 1.165) is 32.8 Å². The molecule has 7 aromatic rings. The highest BCUT2D eigenvalue weighted by Gasteiger charge is 2.47. The number of fused-ring (bicyclic) bond motifs is 9. The Hall–Kier alpha value is -4.79. The Balaban J connectivity index is 1.41. The van der Waals surface area contributed by atoms with Gasteiger partial charge in [0.05, 0.1) is 27.3 Å². The maximum absolute atomic E-state index is 15.4. The summed E-state index contributed by atoms with van der Waals surface area (Å²) in [5.74, 6) is 2.43. The highest BCUT2D eigenvalue weighted by Crippen LogP contribution is 2.59. The first-order valence-electron chi connectivity index (χ1n) is 13.0. The minimum absolute atomic E-state index is 0.574. The first kappa shape index (κ1) is 21.2. The number of para-hydroxylation sites is 3. The highest BCUT2D eigenvalue weighted by atomic mass is 31.2. The monoisotopic (exact) mass is 521 g/mol. The van der Waals surface area contributed by atoms with Gasteiger partial charge in [0, 0.05) is 28.3 Å². The fourth-order valence-corrected chi connectivity index (χ4v) is 9.40. The summed E-state index contributed by atoms with van der Waals surface area (Å²) in [7, 11) is -3.27. The molecule has 39 heavy (non-hydrogen) atoms. The number of benzene rings is 6. The molecule has 0 bridgehead atoms. The first-order chi connectivity index (χ1) is 19.2. The standard InChI is InChI=1S/C34H20NO3P/c36-39-31-16-8-7-15-28(31)37-29-19-22(35-26-13-5-3-11-24(26)25-12-4-6-14-27(25)35)20-30(34(29)39)38-33-23-10-2-1-9-21(23)17-18-32(33)39/h1-20H. The van der Waals surface area contributed by atoms with Gasteiger partial charge in [0.25, 0.3) is 0 Å². The molecule has 2 aliphatic heterocycles. The van der Waals surface area contributed by atoms with Crippen molar-refractivity contribution in [2.75, 3.05) is 0 Å². The Morgan fingerprint density at radius 2 is 1.15 bits per heavy atom. The third-order valence-electron chi connectivity index (χ3n) is 8.01. The summed E-state index contributed by atoms with van der Waals surface area (Å²) in [5, 5.41) is 6.41. The highest BCUT2D eigenvalue weighted by molar-refractivity contribution is 7.86. The van der Waals surface area contributed by atoms with Crippen molar-refractivity contribution >= 4 is 55.6 Å². The lowest BCUT2D eigenvalue weighted by molar-refractivity contribution is 0.464. The summed E-state index contributed by atoms with van der Waals surface area (Å²) in [6.45, 7) is 0. The van der Waals surface area contributed by atoms with E-state index in [4.69, 9.17) is 9.47 Å². The molecule has 0 saturated heterocycles. The van der Waals surface area contributed by atoms with Crippen molar-refractivity contribution in [2.45, 2.75) is 0 Å². The quantitative estimate of drug-likeness (QED) is 0.207. The summed E-state index contributed by atoms with van der Waals surface area (Å²) in [4.78, 5) is 0. The Morgan fingerprint density at radius 3 is 1.92 bits per heavy atom. The molecule has 4 nitrogen and oxygen atoms in total. The van der Waals surface area contributed by atoms with Crippen LogP contribution in [0, 0.1) is 0 Å². The number of aromatic nitrogens is 1. The van der Waals surface area contributed by atoms with E-state index in [1.54, 1.807) is 0 Å². The second-order valence-corrected chi connectivity index (χ2v) is 12.7. The zero-order chi connectivity index (χ0) is 25.7. The van der Waals surface area contributed by atoms with E-state index in [1.807, 2.05) is 66.7 Å². The first-order valence-corrected chi connectivity index (χ1v) is 14.7. The third-order valence-corrected chi connectivity index (χ3v) is 11.2. The Kier molecular flexibility index (Phi) is 4.02. The van der Waals surface area contributed by atoms with E-state index in [0.29, 0.717) is 33.6 Å². The number of rotatable bonds is 1. The molecule has 9 rings (SSSR count). The van der Waals surface area contributed by atoms with Crippen molar-refractivity contribution in [3.63, 3.8) is 0 Å². The van der Waals surface area contributed by atoms with Crippen LogP contribution in [0.5, 0.6) is 23.0 Å². The van der Waals surface area contributed by atoms with Gasteiger partial charge < -0.3 is 18.6 Å². The molecular formula is C34H20NO3P. The molecule has 0 saturated carbocycles. The molecule has 0 fully saturated rings. The van der Waals surface area contributed by atoms with Crippen molar-refractivity contribution in [1.29, 1.82) is 0 Å². The lowest BCUT2D eigenvalue weighted by Gasteiger charge is -2.35. The molecule has 0 aliphatic carbocycles. The summed E-state index contributed by atoms with van der Waals surface area (Å²) in [6.07, 6.45) is 0. The summed E-state index contributed by atoms with van der Waals surface area (Å²) < 4.78 is 30.9. The van der Waals surface area contributed by atoms with Gasteiger partial charge in [0.1, 0.15) is 28.3 Å². The van der Waals surface area contributed by atoms with Crippen LogP contribution in [-0.2, 0) is 4.57 Å². The minimum Gasteiger partial charge on any atom is -0.456 e. The van der Waals surface area contributed by atoms with E-state index >= 15 is 4.57 Å². The van der Waals surface area contributed by atoms with E-state index in [9.17, 15) is 0 Å². The van der Waals surface area contributed by atoms with Gasteiger partial charge in [-0.3, -0.25) is 0 Å². The van der Waals surface area contributed by atoms with Gasteiger partial charge in [-0.05, 0) is 35.7 Å². The van der Waals surface area contributed by atoms with Crippen LogP contribution < -0.4 is 25.4 Å². The largest absolute Gasteiger partial charge is 0.456 e. The number of hydrogen-bond donors (Lipinski definition) is 0. The molecule has 0 spiro atoms. The van der Waals surface area contributed by atoms with Crippen LogP contribution in [0.1, 0.15) is 0 Å². The fourth-order valence-electron chi connectivity index (χ4n) is 6.35. The topological polar surface area (TPSA) is 40.5 Å². The maximum atomic E-state index is 15.4. The smallest absolute Gasteiger partial charge is 0.185 e. The molecule has 2 aliphatic rings. The zero-order valence-corrected chi connectivity index (χ0v) is 21.6. The van der Waals surface area contributed by atoms with Gasteiger partial charge in [-0.2, -0.15) is 0 Å². The van der Waals surface area contributed by atoms with E-state index in [2.05, 4.69) is 59.2 Å². The van der Waals surface area contributed by atoms with Crippen molar-refractivity contribution in [1.82, 2.24) is 4.57 Å². The normalized spacial score (nSPS) is 16.8. The van der Waals surface area contributed by atoms with Crippen LogP contribution in [0.2, 0.25) is 0 Å². The van der Waals surface area contributed by atoms with Crippen molar-refractivity contribution < 1.29 is 14.0 Å². The van der Waals surface area contributed by atoms with Gasteiger partial charge in [0.2, 0.25) is 0 Å². The molecule has 1 atom stereocenters. The second kappa shape index (κ2) is 7.41. The van der Waals surface area contributed by atoms with Gasteiger partial charge >= 0.3 is 0 Å². The average molecular weight is 522 g/mol. The Labute approximate surface area is 224 Å². The van der Waals surface area contributed by atoms with Crippen LogP contribution in [0.4, 0.5) is 0 Å².